The number of esters is 1. The molecule has 2 aliphatic heterocycles. The van der Waals surface area contributed by atoms with Crippen LogP contribution in [0.4, 0.5) is 10.5 Å². The number of pyridine rings is 1. The lowest BCUT2D eigenvalue weighted by Gasteiger charge is -2.43. The summed E-state index contributed by atoms with van der Waals surface area (Å²) >= 11 is 0. The first-order valence-electron chi connectivity index (χ1n) is 12.6. The Morgan fingerprint density at radius 3 is 2.61 bits per heavy atom. The number of likely N-dealkylation sites (tertiary alicyclic amines) is 1. The average molecular weight is 495 g/mol. The molecule has 2 bridgehead atoms. The van der Waals surface area contributed by atoms with Crippen molar-refractivity contribution in [2.24, 2.45) is 11.8 Å². The molecule has 0 saturated carbocycles. The normalized spacial score (nSPS) is 19.3. The Morgan fingerprint density at radius 2 is 1.86 bits per heavy atom. The molecule has 0 spiro atoms. The van der Waals surface area contributed by atoms with Gasteiger partial charge in [-0.25, -0.2) is 9.59 Å². The zero-order valence-corrected chi connectivity index (χ0v) is 21.0. The summed E-state index contributed by atoms with van der Waals surface area (Å²) in [7, 11) is 0. The third-order valence-electron chi connectivity index (χ3n) is 6.73. The molecule has 2 aliphatic rings. The van der Waals surface area contributed by atoms with E-state index in [9.17, 15) is 19.2 Å². The summed E-state index contributed by atoms with van der Waals surface area (Å²) in [6, 6.07) is 10.9. The third-order valence-corrected chi connectivity index (χ3v) is 6.73. The second kappa shape index (κ2) is 11.0. The van der Waals surface area contributed by atoms with E-state index in [0.29, 0.717) is 37.3 Å². The van der Waals surface area contributed by atoms with E-state index in [1.165, 1.54) is 0 Å². The van der Waals surface area contributed by atoms with Gasteiger partial charge in [-0.15, -0.1) is 0 Å². The van der Waals surface area contributed by atoms with Crippen LogP contribution in [0.2, 0.25) is 0 Å². The number of hydrogen-bond donors (Lipinski definition) is 2. The quantitative estimate of drug-likeness (QED) is 0.575. The molecule has 3 amide bonds. The first kappa shape index (κ1) is 25.5. The van der Waals surface area contributed by atoms with Crippen molar-refractivity contribution in [2.75, 3.05) is 25.0 Å². The predicted molar refractivity (Wildman–Crippen MR) is 136 cm³/mol. The molecule has 1 aromatic heterocycles. The Kier molecular flexibility index (Phi) is 7.76. The van der Waals surface area contributed by atoms with Gasteiger partial charge in [-0.3, -0.25) is 9.59 Å². The molecule has 1 saturated heterocycles. The van der Waals surface area contributed by atoms with Crippen LogP contribution in [-0.2, 0) is 16.1 Å². The van der Waals surface area contributed by atoms with Gasteiger partial charge in [-0.05, 0) is 55.9 Å². The number of fused-ring (bicyclic) bond motifs is 4. The fraction of sp³-hybridized carbons (Fsp3) is 0.481. The zero-order chi connectivity index (χ0) is 25.8. The highest BCUT2D eigenvalue weighted by Gasteiger charge is 2.37. The molecule has 9 nitrogen and oxygen atoms in total. The number of urea groups is 1. The topological polar surface area (TPSA) is 110 Å². The first-order chi connectivity index (χ1) is 17.2. The van der Waals surface area contributed by atoms with E-state index in [-0.39, 0.29) is 41.9 Å². The Bertz CT molecular complexity index is 1190. The minimum atomic E-state index is -0.736. The Balaban J connectivity index is 1.44. The monoisotopic (exact) mass is 494 g/mol. The highest BCUT2D eigenvalue weighted by Crippen LogP contribution is 2.35. The molecule has 9 heteroatoms. The first-order valence-corrected chi connectivity index (χ1v) is 12.6. The van der Waals surface area contributed by atoms with Crippen molar-refractivity contribution in [1.82, 2.24) is 14.8 Å². The molecule has 0 unspecified atom stereocenters. The number of benzene rings is 1. The van der Waals surface area contributed by atoms with E-state index >= 15 is 0 Å². The van der Waals surface area contributed by atoms with E-state index in [0.717, 1.165) is 12.1 Å². The molecule has 2 aromatic rings. The number of carbonyl (C=O) groups is 3. The van der Waals surface area contributed by atoms with Gasteiger partial charge in [-0.2, -0.15) is 0 Å². The summed E-state index contributed by atoms with van der Waals surface area (Å²) < 4.78 is 6.86. The summed E-state index contributed by atoms with van der Waals surface area (Å²) in [5.41, 5.74) is 1.77. The van der Waals surface area contributed by atoms with E-state index in [1.807, 2.05) is 24.5 Å². The zero-order valence-electron chi connectivity index (χ0n) is 21.0. The van der Waals surface area contributed by atoms with E-state index in [4.69, 9.17) is 4.74 Å². The third kappa shape index (κ3) is 5.78. The summed E-state index contributed by atoms with van der Waals surface area (Å²) in [6.07, 6.45) is 1.41. The lowest BCUT2D eigenvalue weighted by atomic mass is 9.83. The van der Waals surface area contributed by atoms with Gasteiger partial charge in [-0.1, -0.05) is 26.0 Å². The van der Waals surface area contributed by atoms with Gasteiger partial charge in [0.15, 0.2) is 0 Å². The number of rotatable bonds is 7. The van der Waals surface area contributed by atoms with Crippen LogP contribution in [0.1, 0.15) is 55.6 Å². The lowest BCUT2D eigenvalue weighted by molar-refractivity contribution is -0.118. The molecule has 1 fully saturated rings. The van der Waals surface area contributed by atoms with E-state index in [1.54, 1.807) is 48.2 Å². The predicted octanol–water partition coefficient (Wildman–Crippen LogP) is 3.21. The smallest absolute Gasteiger partial charge is 0.338 e. The van der Waals surface area contributed by atoms with Gasteiger partial charge < -0.3 is 24.8 Å². The fourth-order valence-electron chi connectivity index (χ4n) is 5.17. The maximum Gasteiger partial charge on any atom is 0.338 e. The Hall–Kier alpha value is -3.62. The maximum atomic E-state index is 13.3. The van der Waals surface area contributed by atoms with Crippen LogP contribution in [0.3, 0.4) is 0 Å². The van der Waals surface area contributed by atoms with Crippen LogP contribution >= 0.6 is 0 Å². The van der Waals surface area contributed by atoms with Crippen LogP contribution < -0.4 is 16.2 Å². The summed E-state index contributed by atoms with van der Waals surface area (Å²) in [4.78, 5) is 52.5. The molecule has 1 aromatic carbocycles. The lowest BCUT2D eigenvalue weighted by Crippen LogP contribution is -2.55. The van der Waals surface area contributed by atoms with Crippen LogP contribution in [0.5, 0.6) is 0 Å². The van der Waals surface area contributed by atoms with Crippen molar-refractivity contribution in [3.8, 4) is 0 Å². The molecule has 4 rings (SSSR count). The number of nitrogens with zero attached hydrogens (tertiary/aromatic N) is 2. The van der Waals surface area contributed by atoms with Crippen LogP contribution in [-0.4, -0.2) is 53.1 Å². The van der Waals surface area contributed by atoms with Crippen LogP contribution in [0, 0.1) is 11.8 Å². The number of aromatic nitrogens is 1. The standard InChI is InChI=1S/C27H34N4O5/c1-4-36-26(34)19-7-5-8-21(13-19)28-25(33)22(11-17(2)3)29-27(35)30-14-18-12-20(16-30)23-9-6-10-24(32)31(23)15-18/h5-10,13,17-18,20,22H,4,11-12,14-16H2,1-3H3,(H,28,33)(H,29,35)/t18-,20+,22+/m1/s1. The van der Waals surface area contributed by atoms with E-state index in [2.05, 4.69) is 10.6 Å². The van der Waals surface area contributed by atoms with Crippen molar-refractivity contribution >= 4 is 23.6 Å². The van der Waals surface area contributed by atoms with Gasteiger partial charge in [0.2, 0.25) is 5.91 Å². The largest absolute Gasteiger partial charge is 0.462 e. The Morgan fingerprint density at radius 1 is 1.08 bits per heavy atom. The van der Waals surface area contributed by atoms with E-state index < -0.39 is 12.0 Å². The van der Waals surface area contributed by atoms with Gasteiger partial charge in [0.1, 0.15) is 6.04 Å². The Labute approximate surface area is 210 Å². The number of anilines is 1. The van der Waals surface area contributed by atoms with Gasteiger partial charge in [0.05, 0.1) is 12.2 Å². The maximum absolute atomic E-state index is 13.3. The fourth-order valence-corrected chi connectivity index (χ4v) is 5.17. The van der Waals surface area contributed by atoms with Gasteiger partial charge >= 0.3 is 12.0 Å². The molecule has 2 N–H and O–H groups in total. The number of carbonyl (C=O) groups excluding carboxylic acids is 3. The molecule has 3 heterocycles. The number of nitrogens with one attached hydrogen (secondary N) is 2. The summed E-state index contributed by atoms with van der Waals surface area (Å²) in [6.45, 7) is 7.63. The average Bonchev–Trinajstić information content (AvgIpc) is 2.84. The SMILES string of the molecule is CCOC(=O)c1cccc(NC(=O)[C@H](CC(C)C)NC(=O)N2C[C@H]3C[C@@H](C2)c2cccc(=O)n2C3)c1. The summed E-state index contributed by atoms with van der Waals surface area (Å²) in [5.74, 6) is -0.330. The molecule has 3 atom stereocenters. The van der Waals surface area contributed by atoms with Crippen molar-refractivity contribution in [3.05, 3.63) is 64.1 Å². The van der Waals surface area contributed by atoms with Crippen molar-refractivity contribution in [2.45, 2.75) is 52.1 Å². The highest BCUT2D eigenvalue weighted by molar-refractivity contribution is 5.98. The second-order valence-electron chi connectivity index (χ2n) is 10.0. The molecular weight excluding hydrogens is 460 g/mol. The van der Waals surface area contributed by atoms with Crippen molar-refractivity contribution < 1.29 is 19.1 Å². The number of amides is 3. The highest BCUT2D eigenvalue weighted by atomic mass is 16.5. The van der Waals surface area contributed by atoms with Gasteiger partial charge in [0, 0.05) is 43.0 Å². The molecular formula is C27H34N4O5. The molecule has 36 heavy (non-hydrogen) atoms. The molecule has 192 valence electrons. The molecule has 0 radical (unpaired) electrons. The minimum Gasteiger partial charge on any atom is -0.462 e. The van der Waals surface area contributed by atoms with Crippen molar-refractivity contribution in [3.63, 3.8) is 0 Å². The molecule has 0 aliphatic carbocycles. The number of piperidine rings is 1. The van der Waals surface area contributed by atoms with Crippen LogP contribution in [0.25, 0.3) is 0 Å². The second-order valence-corrected chi connectivity index (χ2v) is 10.0. The van der Waals surface area contributed by atoms with Gasteiger partial charge in [0.25, 0.3) is 5.56 Å². The summed E-state index contributed by atoms with van der Waals surface area (Å²) in [5, 5.41) is 5.77. The van der Waals surface area contributed by atoms with Crippen LogP contribution in [0.15, 0.2) is 47.3 Å². The minimum absolute atomic E-state index is 0.000737. The number of ether oxygens (including phenoxy) is 1. The van der Waals surface area contributed by atoms with Crippen molar-refractivity contribution in [1.29, 1.82) is 0 Å². The number of hydrogen-bond acceptors (Lipinski definition) is 5.